The smallest absolute Gasteiger partial charge is 0.243 e. The lowest BCUT2D eigenvalue weighted by Gasteiger charge is -2.22. The highest BCUT2D eigenvalue weighted by atomic mass is 32.7. The number of nitrogens with zero attached hydrogens (tertiary/aromatic N) is 8. The van der Waals surface area contributed by atoms with E-state index in [0.717, 1.165) is 75.6 Å². The first-order chi connectivity index (χ1) is 26.2. The Bertz CT molecular complexity index is 1810. The van der Waals surface area contributed by atoms with E-state index < -0.39 is 76.8 Å². The van der Waals surface area contributed by atoms with E-state index in [2.05, 4.69) is 44.4 Å². The van der Waals surface area contributed by atoms with E-state index in [-0.39, 0.29) is 11.8 Å². The summed E-state index contributed by atoms with van der Waals surface area (Å²) in [6.45, 7) is -0.897. The van der Waals surface area contributed by atoms with Gasteiger partial charge in [-0.15, -0.1) is 0 Å². The molecule has 296 valence electrons. The lowest BCUT2D eigenvalue weighted by molar-refractivity contribution is -0.0481. The van der Waals surface area contributed by atoms with Crippen LogP contribution in [-0.2, 0) is 27.7 Å². The Labute approximate surface area is 322 Å². The molecule has 7 rings (SSSR count). The summed E-state index contributed by atoms with van der Waals surface area (Å²) in [6.07, 6.45) is 7.43. The molecule has 1 saturated carbocycles. The van der Waals surface area contributed by atoms with Crippen molar-refractivity contribution in [2.24, 2.45) is 0 Å². The first kappa shape index (κ1) is 40.1. The predicted molar refractivity (Wildman–Crippen MR) is 202 cm³/mol. The molecule has 0 aromatic carbocycles. The molecule has 4 aromatic rings. The van der Waals surface area contributed by atoms with Crippen LogP contribution in [0.25, 0.3) is 22.3 Å². The maximum atomic E-state index is 11.9. The van der Waals surface area contributed by atoms with Gasteiger partial charge >= 0.3 is 0 Å². The highest BCUT2D eigenvalue weighted by Crippen LogP contribution is 2.43. The monoisotopic (exact) mass is 828 g/mol. The first-order valence-corrected chi connectivity index (χ1v) is 23.4. The Morgan fingerprint density at radius 1 is 0.648 bits per heavy atom. The van der Waals surface area contributed by atoms with E-state index >= 15 is 0 Å². The molecule has 0 amide bonds. The molecular formula is C32H46N8O10P2S2. The van der Waals surface area contributed by atoms with Crippen LogP contribution in [0.15, 0.2) is 25.3 Å². The molecule has 22 heteroatoms. The molecule has 6 heterocycles. The van der Waals surface area contributed by atoms with E-state index in [1.165, 1.54) is 12.7 Å². The number of aliphatic hydroxyl groups is 4. The minimum absolute atomic E-state index is 0.118. The second-order valence-corrected chi connectivity index (χ2v) is 17.7. The topological polar surface area (TPSA) is 239 Å². The van der Waals surface area contributed by atoms with Crippen molar-refractivity contribution in [2.75, 3.05) is 13.2 Å². The first-order valence-electron chi connectivity index (χ1n) is 18.2. The third-order valence-corrected chi connectivity index (χ3v) is 12.3. The van der Waals surface area contributed by atoms with Gasteiger partial charge in [0.15, 0.2) is 23.8 Å². The number of imidazole rings is 2. The van der Waals surface area contributed by atoms with Gasteiger partial charge in [-0.05, 0) is 25.7 Å². The SMILES string of the molecule is O=[PH](S)O[C@@H]1[C@H](O)[C@@H](CO)O[C@H]1n1cnc2c(C3CCCCCCC(c4ncnc5c4ncn5[C@@H]4OC(CO)[C@@H](O)[C@H]4O[PH](=O)S)CCCC3)ncnc21. The zero-order valence-electron chi connectivity index (χ0n) is 29.3. The predicted octanol–water partition coefficient (Wildman–Crippen LogP) is 3.66. The maximum Gasteiger partial charge on any atom is 0.243 e. The van der Waals surface area contributed by atoms with Crippen molar-refractivity contribution >= 4 is 61.3 Å². The minimum Gasteiger partial charge on any atom is -0.394 e. The van der Waals surface area contributed by atoms with Crippen molar-refractivity contribution in [3.05, 3.63) is 36.7 Å². The zero-order chi connectivity index (χ0) is 37.9. The second-order valence-electron chi connectivity index (χ2n) is 14.0. The summed E-state index contributed by atoms with van der Waals surface area (Å²) >= 11 is 7.80. The number of aromatic nitrogens is 8. The Balaban J connectivity index is 1.09. The second kappa shape index (κ2) is 18.0. The molecule has 0 bridgehead atoms. The quantitative estimate of drug-likeness (QED) is 0.0988. The van der Waals surface area contributed by atoms with Gasteiger partial charge in [0.2, 0.25) is 14.5 Å². The number of thiol groups is 2. The van der Waals surface area contributed by atoms with Crippen LogP contribution in [-0.4, -0.2) is 109 Å². The molecule has 2 aliphatic heterocycles. The third-order valence-electron chi connectivity index (χ3n) is 10.8. The van der Waals surface area contributed by atoms with Gasteiger partial charge in [0.25, 0.3) is 0 Å². The van der Waals surface area contributed by atoms with E-state index in [9.17, 15) is 29.6 Å². The standard InChI is InChI=1S/C32H46N8O10P2S2/c41-11-19-25(43)27(49-51(45)53)31(47-19)39-15-37-23-21(33-13-35-29(23)39)17-7-3-1-2-4-8-18(10-6-5-9-17)22-24-30(36-14-34-22)40(16-38-24)32-28(50-52(46)54)26(44)20(12-42)48-32/h13-20,25-28,31-32,41-44,51-52H,1-12H2,(H,45,53)(H,46,54)/t17?,18?,19-,20?,25-,26-,27-,28-,31-,32-/m1/s1. The number of rotatable bonds is 10. The molecular weight excluding hydrogens is 782 g/mol. The minimum atomic E-state index is -2.74. The van der Waals surface area contributed by atoms with Gasteiger partial charge in [-0.1, -0.05) is 63.0 Å². The molecule has 0 radical (unpaired) electrons. The Morgan fingerprint density at radius 2 is 1.04 bits per heavy atom. The van der Waals surface area contributed by atoms with Crippen LogP contribution in [0, 0.1) is 0 Å². The molecule has 1 aliphatic carbocycles. The Morgan fingerprint density at radius 3 is 1.41 bits per heavy atom. The summed E-state index contributed by atoms with van der Waals surface area (Å²) in [4.78, 5) is 27.8. The molecule has 2 saturated heterocycles. The molecule has 5 unspecified atom stereocenters. The average Bonchev–Trinajstić information content (AvgIpc) is 3.92. The Hall–Kier alpha value is -2.06. The van der Waals surface area contributed by atoms with E-state index in [1.54, 1.807) is 21.8 Å². The molecule has 18 nitrogen and oxygen atoms in total. The van der Waals surface area contributed by atoms with Crippen LogP contribution in [0.4, 0.5) is 0 Å². The largest absolute Gasteiger partial charge is 0.394 e. The molecule has 3 aliphatic rings. The number of aliphatic hydroxyl groups excluding tert-OH is 4. The van der Waals surface area contributed by atoms with Crippen molar-refractivity contribution in [3.63, 3.8) is 0 Å². The summed E-state index contributed by atoms with van der Waals surface area (Å²) in [6, 6.07) is 0. The lowest BCUT2D eigenvalue weighted by atomic mass is 9.86. The van der Waals surface area contributed by atoms with Crippen molar-refractivity contribution in [1.82, 2.24) is 39.0 Å². The summed E-state index contributed by atoms with van der Waals surface area (Å²) in [5, 5.41) is 41.0. The third kappa shape index (κ3) is 8.31. The molecule has 0 spiro atoms. The van der Waals surface area contributed by atoms with Crippen LogP contribution in [0.2, 0.25) is 0 Å². The van der Waals surface area contributed by atoms with Gasteiger partial charge in [-0.2, -0.15) is 0 Å². The number of fused-ring (bicyclic) bond motifs is 2. The average molecular weight is 829 g/mol. The maximum absolute atomic E-state index is 11.9. The highest BCUT2D eigenvalue weighted by Gasteiger charge is 2.48. The number of ether oxygens (including phenoxy) is 2. The van der Waals surface area contributed by atoms with Gasteiger partial charge < -0.3 is 38.9 Å². The summed E-state index contributed by atoms with van der Waals surface area (Å²) in [5.74, 6) is 0.236. The van der Waals surface area contributed by atoms with Crippen LogP contribution < -0.4 is 0 Å². The summed E-state index contributed by atoms with van der Waals surface area (Å²) in [5.41, 5.74) is 3.88. The van der Waals surface area contributed by atoms with Crippen LogP contribution >= 0.6 is 39.0 Å². The van der Waals surface area contributed by atoms with E-state index in [1.807, 2.05) is 0 Å². The van der Waals surface area contributed by atoms with Crippen LogP contribution in [0.5, 0.6) is 0 Å². The summed E-state index contributed by atoms with van der Waals surface area (Å²) in [7, 11) is -5.48. The molecule has 12 atom stereocenters. The van der Waals surface area contributed by atoms with Crippen molar-refractivity contribution in [1.29, 1.82) is 0 Å². The highest BCUT2D eigenvalue weighted by molar-refractivity contribution is 8.39. The summed E-state index contributed by atoms with van der Waals surface area (Å²) < 4.78 is 49.9. The molecule has 54 heavy (non-hydrogen) atoms. The van der Waals surface area contributed by atoms with E-state index in [4.69, 9.17) is 28.5 Å². The molecule has 4 N–H and O–H groups in total. The van der Waals surface area contributed by atoms with Gasteiger partial charge in [0, 0.05) is 11.8 Å². The number of hydrogen-bond donors (Lipinski definition) is 6. The van der Waals surface area contributed by atoms with Crippen LogP contribution in [0.1, 0.15) is 99.9 Å². The van der Waals surface area contributed by atoms with Crippen molar-refractivity contribution < 1.29 is 48.1 Å². The zero-order valence-corrected chi connectivity index (χ0v) is 33.1. The normalized spacial score (nSPS) is 32.8. The van der Waals surface area contributed by atoms with Gasteiger partial charge in [-0.25, -0.2) is 29.9 Å². The molecule has 4 aromatic heterocycles. The fourth-order valence-corrected chi connectivity index (χ4v) is 9.84. The van der Waals surface area contributed by atoms with Gasteiger partial charge in [-0.3, -0.25) is 18.3 Å². The van der Waals surface area contributed by atoms with Crippen molar-refractivity contribution in [2.45, 2.75) is 125 Å². The number of hydrogen-bond acceptors (Lipinski definition) is 16. The fraction of sp³-hybridized carbons (Fsp3) is 0.688. The van der Waals surface area contributed by atoms with Gasteiger partial charge in [0.05, 0.1) is 37.3 Å². The Kier molecular flexibility index (Phi) is 13.4. The fourth-order valence-electron chi connectivity index (χ4n) is 8.14. The lowest BCUT2D eigenvalue weighted by Crippen LogP contribution is -2.34. The molecule has 3 fully saturated rings. The van der Waals surface area contributed by atoms with Crippen LogP contribution in [0.3, 0.4) is 0 Å². The van der Waals surface area contributed by atoms with E-state index in [0.29, 0.717) is 22.3 Å². The van der Waals surface area contributed by atoms with Crippen molar-refractivity contribution in [3.8, 4) is 0 Å². The van der Waals surface area contributed by atoms with Gasteiger partial charge in [0.1, 0.15) is 60.3 Å².